The highest BCUT2D eigenvalue weighted by Crippen LogP contribution is 2.30. The molecule has 0 aromatic heterocycles. The Bertz CT molecular complexity index is 386. The molecule has 1 aromatic carbocycles. The van der Waals surface area contributed by atoms with E-state index in [9.17, 15) is 4.79 Å². The summed E-state index contributed by atoms with van der Waals surface area (Å²) in [5.74, 6) is 1.70. The molecule has 0 radical (unpaired) electrons. The van der Waals surface area contributed by atoms with Crippen molar-refractivity contribution in [2.24, 2.45) is 0 Å². The van der Waals surface area contributed by atoms with E-state index in [4.69, 9.17) is 28.3 Å². The van der Waals surface area contributed by atoms with Gasteiger partial charge >= 0.3 is 5.97 Å². The molecule has 6 heteroatoms. The zero-order valence-corrected chi connectivity index (χ0v) is 12.1. The van der Waals surface area contributed by atoms with Gasteiger partial charge in [0, 0.05) is 27.2 Å². The Morgan fingerprint density at radius 2 is 2.00 bits per heavy atom. The van der Waals surface area contributed by atoms with Gasteiger partial charge in [-0.1, -0.05) is 23.2 Å². The van der Waals surface area contributed by atoms with Crippen LogP contribution in [0.3, 0.4) is 0 Å². The van der Waals surface area contributed by atoms with Crippen LogP contribution in [0.5, 0.6) is 0 Å². The van der Waals surface area contributed by atoms with E-state index in [1.54, 1.807) is 35.7 Å². The van der Waals surface area contributed by atoms with Gasteiger partial charge in [0.1, 0.15) is 0 Å². The van der Waals surface area contributed by atoms with E-state index in [1.807, 2.05) is 6.07 Å². The van der Waals surface area contributed by atoms with Crippen molar-refractivity contribution in [3.63, 3.8) is 0 Å². The highest BCUT2D eigenvalue weighted by atomic mass is 35.5. The first-order valence-corrected chi connectivity index (χ1v) is 7.86. The molecule has 94 valence electrons. The molecular weight excluding hydrogens is 299 g/mol. The van der Waals surface area contributed by atoms with Crippen LogP contribution in [0.4, 0.5) is 0 Å². The standard InChI is InChI=1S/C11H12Cl2O2S2/c12-8-1-2-9(13)10(7-8)17-6-5-16-4-3-11(14)15/h1-2,7H,3-6H2,(H,14,15). The molecule has 0 atom stereocenters. The Balaban J connectivity index is 2.22. The largest absolute Gasteiger partial charge is 0.481 e. The van der Waals surface area contributed by atoms with Gasteiger partial charge in [0.15, 0.2) is 0 Å². The van der Waals surface area contributed by atoms with Gasteiger partial charge in [0.25, 0.3) is 0 Å². The maximum Gasteiger partial charge on any atom is 0.304 e. The molecule has 0 spiro atoms. The summed E-state index contributed by atoms with van der Waals surface area (Å²) in [6.45, 7) is 0. The third-order valence-corrected chi connectivity index (χ3v) is 4.82. The molecule has 1 rings (SSSR count). The molecule has 0 unspecified atom stereocenters. The lowest BCUT2D eigenvalue weighted by atomic mass is 10.4. The zero-order valence-electron chi connectivity index (χ0n) is 8.99. The van der Waals surface area contributed by atoms with E-state index in [0.29, 0.717) is 15.8 Å². The number of carboxylic acids is 1. The molecule has 0 saturated carbocycles. The number of aliphatic carboxylic acids is 1. The third kappa shape index (κ3) is 6.46. The maximum atomic E-state index is 10.3. The lowest BCUT2D eigenvalue weighted by molar-refractivity contribution is -0.136. The van der Waals surface area contributed by atoms with Crippen LogP contribution >= 0.6 is 46.7 Å². The summed E-state index contributed by atoms with van der Waals surface area (Å²) in [5, 5.41) is 9.84. The Morgan fingerprint density at radius 1 is 1.24 bits per heavy atom. The number of hydrogen-bond donors (Lipinski definition) is 1. The minimum absolute atomic E-state index is 0.216. The van der Waals surface area contributed by atoms with E-state index in [0.717, 1.165) is 16.4 Å². The van der Waals surface area contributed by atoms with Crippen LogP contribution in [0, 0.1) is 0 Å². The van der Waals surface area contributed by atoms with Crippen LogP contribution in [0.1, 0.15) is 6.42 Å². The van der Waals surface area contributed by atoms with Crippen molar-refractivity contribution in [2.45, 2.75) is 11.3 Å². The second-order valence-electron chi connectivity index (χ2n) is 3.18. The first-order chi connectivity index (χ1) is 8.09. The van der Waals surface area contributed by atoms with Gasteiger partial charge in [0.2, 0.25) is 0 Å². The molecule has 0 amide bonds. The summed E-state index contributed by atoms with van der Waals surface area (Å²) < 4.78 is 0. The molecule has 1 N–H and O–H groups in total. The van der Waals surface area contributed by atoms with Crippen molar-refractivity contribution in [1.29, 1.82) is 0 Å². The summed E-state index contributed by atoms with van der Waals surface area (Å²) in [6.07, 6.45) is 0.216. The molecule has 0 fully saturated rings. The van der Waals surface area contributed by atoms with E-state index >= 15 is 0 Å². The minimum Gasteiger partial charge on any atom is -0.481 e. The Kier molecular flexibility index (Phi) is 7.19. The second kappa shape index (κ2) is 8.14. The Morgan fingerprint density at radius 3 is 2.71 bits per heavy atom. The van der Waals surface area contributed by atoms with E-state index in [-0.39, 0.29) is 6.42 Å². The number of carboxylic acid groups (broad SMARTS) is 1. The molecule has 17 heavy (non-hydrogen) atoms. The number of hydrogen-bond acceptors (Lipinski definition) is 3. The van der Waals surface area contributed by atoms with Crippen LogP contribution in [-0.2, 0) is 4.79 Å². The highest BCUT2D eigenvalue weighted by Gasteiger charge is 2.02. The fourth-order valence-electron chi connectivity index (χ4n) is 1.06. The fraction of sp³-hybridized carbons (Fsp3) is 0.364. The monoisotopic (exact) mass is 310 g/mol. The molecule has 1 aromatic rings. The van der Waals surface area contributed by atoms with E-state index in [1.165, 1.54) is 0 Å². The van der Waals surface area contributed by atoms with Gasteiger partial charge in [-0.25, -0.2) is 0 Å². The van der Waals surface area contributed by atoms with Crippen LogP contribution < -0.4 is 0 Å². The number of benzene rings is 1. The van der Waals surface area contributed by atoms with Crippen molar-refractivity contribution in [3.05, 3.63) is 28.2 Å². The molecule has 0 heterocycles. The molecule has 0 aliphatic heterocycles. The first-order valence-electron chi connectivity index (χ1n) is 4.97. The predicted molar refractivity (Wildman–Crippen MR) is 76.8 cm³/mol. The first kappa shape index (κ1) is 15.0. The fourth-order valence-corrected chi connectivity index (χ4v) is 3.54. The van der Waals surface area contributed by atoms with E-state index < -0.39 is 5.97 Å². The molecule has 0 bridgehead atoms. The average Bonchev–Trinajstić information content (AvgIpc) is 2.27. The van der Waals surface area contributed by atoms with Crippen LogP contribution in [0.15, 0.2) is 23.1 Å². The summed E-state index contributed by atoms with van der Waals surface area (Å²) in [7, 11) is 0. The lowest BCUT2D eigenvalue weighted by Gasteiger charge is -2.04. The van der Waals surface area contributed by atoms with Gasteiger partial charge in [-0.2, -0.15) is 11.8 Å². The second-order valence-corrected chi connectivity index (χ2v) is 6.38. The SMILES string of the molecule is O=C(O)CCSCCSc1cc(Cl)ccc1Cl. The van der Waals surface area contributed by atoms with Gasteiger partial charge < -0.3 is 5.11 Å². The van der Waals surface area contributed by atoms with Gasteiger partial charge in [0.05, 0.1) is 11.4 Å². The summed E-state index contributed by atoms with van der Waals surface area (Å²) >= 11 is 15.2. The summed E-state index contributed by atoms with van der Waals surface area (Å²) in [5.41, 5.74) is 0. The predicted octanol–water partition coefficient (Wildman–Crippen LogP) is 4.29. The number of rotatable bonds is 7. The summed E-state index contributed by atoms with van der Waals surface area (Å²) in [4.78, 5) is 11.3. The molecule has 0 aliphatic carbocycles. The number of halogens is 2. The Hall–Kier alpha value is -0.0300. The van der Waals surface area contributed by atoms with Gasteiger partial charge in [-0.05, 0) is 18.2 Å². The van der Waals surface area contributed by atoms with Crippen LogP contribution in [0.2, 0.25) is 10.0 Å². The maximum absolute atomic E-state index is 10.3. The van der Waals surface area contributed by atoms with Crippen LogP contribution in [0.25, 0.3) is 0 Å². The number of thioether (sulfide) groups is 2. The van der Waals surface area contributed by atoms with Crippen molar-refractivity contribution < 1.29 is 9.90 Å². The highest BCUT2D eigenvalue weighted by molar-refractivity contribution is 8.03. The molecule has 2 nitrogen and oxygen atoms in total. The zero-order chi connectivity index (χ0) is 12.7. The Labute approximate surface area is 119 Å². The molecule has 0 aliphatic rings. The number of carbonyl (C=O) groups is 1. The minimum atomic E-state index is -0.747. The molecular formula is C11H12Cl2O2S2. The third-order valence-electron chi connectivity index (χ3n) is 1.84. The van der Waals surface area contributed by atoms with Crippen LogP contribution in [-0.4, -0.2) is 28.3 Å². The molecule has 0 saturated heterocycles. The summed E-state index contributed by atoms with van der Waals surface area (Å²) in [6, 6.07) is 5.38. The van der Waals surface area contributed by atoms with Crippen molar-refractivity contribution in [3.8, 4) is 0 Å². The normalized spacial score (nSPS) is 10.5. The van der Waals surface area contributed by atoms with Crippen molar-refractivity contribution in [1.82, 2.24) is 0 Å². The van der Waals surface area contributed by atoms with Crippen molar-refractivity contribution >= 4 is 52.7 Å². The lowest BCUT2D eigenvalue weighted by Crippen LogP contribution is -1.97. The topological polar surface area (TPSA) is 37.3 Å². The average molecular weight is 311 g/mol. The quantitative estimate of drug-likeness (QED) is 0.602. The smallest absolute Gasteiger partial charge is 0.304 e. The van der Waals surface area contributed by atoms with Gasteiger partial charge in [-0.15, -0.1) is 11.8 Å². The van der Waals surface area contributed by atoms with Gasteiger partial charge in [-0.3, -0.25) is 4.79 Å². The van der Waals surface area contributed by atoms with Crippen molar-refractivity contribution in [2.75, 3.05) is 17.3 Å². The van der Waals surface area contributed by atoms with E-state index in [2.05, 4.69) is 0 Å².